The number of nitrogens with one attached hydrogen (secondary N) is 1. The first-order valence-corrected chi connectivity index (χ1v) is 10.6. The fourth-order valence-electron chi connectivity index (χ4n) is 3.68. The number of amides is 1. The van der Waals surface area contributed by atoms with E-state index in [4.69, 9.17) is 9.47 Å². The molecule has 1 saturated heterocycles. The molecule has 3 rings (SSSR count). The van der Waals surface area contributed by atoms with Gasteiger partial charge in [-0.05, 0) is 56.0 Å². The van der Waals surface area contributed by atoms with Crippen LogP contribution >= 0.6 is 0 Å². The summed E-state index contributed by atoms with van der Waals surface area (Å²) in [6.45, 7) is 6.06. The summed E-state index contributed by atoms with van der Waals surface area (Å²) in [6, 6.07) is 9.88. The van der Waals surface area contributed by atoms with Crippen molar-refractivity contribution in [1.82, 2.24) is 5.32 Å². The number of carbonyl (C=O) groups excluding carboxylic acids is 1. The highest BCUT2D eigenvalue weighted by Crippen LogP contribution is 2.33. The van der Waals surface area contributed by atoms with Crippen molar-refractivity contribution >= 4 is 17.3 Å². The second-order valence-electron chi connectivity index (χ2n) is 7.61. The van der Waals surface area contributed by atoms with Gasteiger partial charge in [-0.2, -0.15) is 0 Å². The van der Waals surface area contributed by atoms with Crippen molar-refractivity contribution in [3.63, 3.8) is 0 Å². The van der Waals surface area contributed by atoms with E-state index in [-0.39, 0.29) is 23.2 Å². The van der Waals surface area contributed by atoms with E-state index in [0.717, 1.165) is 37.9 Å². The summed E-state index contributed by atoms with van der Waals surface area (Å²) < 4.78 is 11.1. The van der Waals surface area contributed by atoms with Crippen molar-refractivity contribution in [2.45, 2.75) is 39.2 Å². The van der Waals surface area contributed by atoms with Crippen LogP contribution in [0.15, 0.2) is 36.4 Å². The Kier molecular flexibility index (Phi) is 7.33. The SMILES string of the molecule is CCCOc1ccc(C(C)NC(=O)c2ccc(N3CCCC3)c([N+](=O)[O-])c2)cc1OC. The van der Waals surface area contributed by atoms with Gasteiger partial charge in [0.15, 0.2) is 11.5 Å². The fraction of sp³-hybridized carbons (Fsp3) is 0.435. The molecule has 0 radical (unpaired) electrons. The second kappa shape index (κ2) is 10.1. The van der Waals surface area contributed by atoms with Crippen molar-refractivity contribution < 1.29 is 19.2 Å². The number of hydrogen-bond donors (Lipinski definition) is 1. The minimum atomic E-state index is -0.423. The van der Waals surface area contributed by atoms with Crippen LogP contribution in [0.3, 0.4) is 0 Å². The Morgan fingerprint density at radius 2 is 1.94 bits per heavy atom. The molecule has 1 amide bonds. The Morgan fingerprint density at radius 3 is 2.58 bits per heavy atom. The average Bonchev–Trinajstić information content (AvgIpc) is 3.31. The lowest BCUT2D eigenvalue weighted by Gasteiger charge is -2.19. The molecule has 8 nitrogen and oxygen atoms in total. The van der Waals surface area contributed by atoms with Crippen molar-refractivity contribution in [2.75, 3.05) is 31.7 Å². The zero-order valence-electron chi connectivity index (χ0n) is 18.2. The van der Waals surface area contributed by atoms with Gasteiger partial charge in [-0.3, -0.25) is 14.9 Å². The third-order valence-electron chi connectivity index (χ3n) is 5.38. The van der Waals surface area contributed by atoms with Crippen molar-refractivity contribution in [3.05, 3.63) is 57.6 Å². The number of benzene rings is 2. The lowest BCUT2D eigenvalue weighted by atomic mass is 10.1. The minimum Gasteiger partial charge on any atom is -0.493 e. The smallest absolute Gasteiger partial charge is 0.293 e. The second-order valence-corrected chi connectivity index (χ2v) is 7.61. The van der Waals surface area contributed by atoms with E-state index in [1.54, 1.807) is 19.2 Å². The van der Waals surface area contributed by atoms with Gasteiger partial charge in [0, 0.05) is 24.7 Å². The summed E-state index contributed by atoms with van der Waals surface area (Å²) in [5, 5.41) is 14.5. The molecular formula is C23H29N3O5. The van der Waals surface area contributed by atoms with Crippen LogP contribution in [0.2, 0.25) is 0 Å². The van der Waals surface area contributed by atoms with E-state index in [0.29, 0.717) is 23.8 Å². The highest BCUT2D eigenvalue weighted by molar-refractivity contribution is 5.96. The van der Waals surface area contributed by atoms with Crippen molar-refractivity contribution in [3.8, 4) is 11.5 Å². The molecule has 2 aromatic rings. The van der Waals surface area contributed by atoms with Gasteiger partial charge in [0.05, 0.1) is 24.7 Å². The molecule has 1 atom stereocenters. The first kappa shape index (κ1) is 22.4. The zero-order valence-corrected chi connectivity index (χ0v) is 18.2. The molecule has 0 saturated carbocycles. The summed E-state index contributed by atoms with van der Waals surface area (Å²) in [5.74, 6) is 0.881. The van der Waals surface area contributed by atoms with Gasteiger partial charge in [0.1, 0.15) is 5.69 Å². The zero-order chi connectivity index (χ0) is 22.4. The largest absolute Gasteiger partial charge is 0.493 e. The summed E-state index contributed by atoms with van der Waals surface area (Å²) in [4.78, 5) is 26.0. The Bertz CT molecular complexity index is 941. The molecule has 31 heavy (non-hydrogen) atoms. The van der Waals surface area contributed by atoms with Crippen LogP contribution in [0.25, 0.3) is 0 Å². The average molecular weight is 428 g/mol. The van der Waals surface area contributed by atoms with Gasteiger partial charge in [0.2, 0.25) is 0 Å². The van der Waals surface area contributed by atoms with E-state index in [1.807, 2.05) is 36.9 Å². The number of anilines is 1. The standard InChI is InChI=1S/C23H29N3O5/c1-4-13-31-21-10-8-17(15-22(21)30-3)16(2)24-23(27)18-7-9-19(20(14-18)26(28)29)25-11-5-6-12-25/h7-10,14-16H,4-6,11-13H2,1-3H3,(H,24,27). The molecule has 0 aliphatic carbocycles. The molecule has 1 unspecified atom stereocenters. The van der Waals surface area contributed by atoms with E-state index in [2.05, 4.69) is 5.32 Å². The lowest BCUT2D eigenvalue weighted by Crippen LogP contribution is -2.27. The number of nitro groups is 1. The molecule has 1 aliphatic heterocycles. The number of hydrogen-bond acceptors (Lipinski definition) is 6. The van der Waals surface area contributed by atoms with Gasteiger partial charge in [-0.15, -0.1) is 0 Å². The Morgan fingerprint density at radius 1 is 1.19 bits per heavy atom. The molecule has 1 N–H and O–H groups in total. The third kappa shape index (κ3) is 5.25. The summed E-state index contributed by atoms with van der Waals surface area (Å²) in [7, 11) is 1.57. The molecule has 8 heteroatoms. The number of rotatable bonds is 9. The maximum Gasteiger partial charge on any atom is 0.293 e. The highest BCUT2D eigenvalue weighted by atomic mass is 16.6. The summed E-state index contributed by atoms with van der Waals surface area (Å²) in [6.07, 6.45) is 2.92. The topological polar surface area (TPSA) is 93.9 Å². The molecule has 0 spiro atoms. The Hall–Kier alpha value is -3.29. The predicted octanol–water partition coefficient (Wildman–Crippen LogP) is 4.48. The maximum absolute atomic E-state index is 12.8. The third-order valence-corrected chi connectivity index (χ3v) is 5.38. The molecule has 1 aliphatic rings. The normalized spacial score (nSPS) is 14.2. The first-order chi connectivity index (χ1) is 14.9. The molecular weight excluding hydrogens is 398 g/mol. The number of methoxy groups -OCH3 is 1. The molecule has 1 fully saturated rings. The van der Waals surface area contributed by atoms with Crippen LogP contribution in [0.1, 0.15) is 55.1 Å². The van der Waals surface area contributed by atoms with E-state index in [9.17, 15) is 14.9 Å². The molecule has 166 valence electrons. The number of nitrogens with zero attached hydrogens (tertiary/aromatic N) is 2. The molecule has 1 heterocycles. The number of ether oxygens (including phenoxy) is 2. The monoisotopic (exact) mass is 427 g/mol. The van der Waals surface area contributed by atoms with Gasteiger partial charge < -0.3 is 19.7 Å². The molecule has 2 aromatic carbocycles. The van der Waals surface area contributed by atoms with Crippen molar-refractivity contribution in [1.29, 1.82) is 0 Å². The summed E-state index contributed by atoms with van der Waals surface area (Å²) in [5.41, 5.74) is 1.63. The Labute approximate surface area is 182 Å². The van der Waals surface area contributed by atoms with Crippen LogP contribution in [0.5, 0.6) is 11.5 Å². The first-order valence-electron chi connectivity index (χ1n) is 10.6. The Balaban J connectivity index is 1.76. The van der Waals surface area contributed by atoms with Gasteiger partial charge >= 0.3 is 0 Å². The van der Waals surface area contributed by atoms with Gasteiger partial charge in [-0.25, -0.2) is 0 Å². The van der Waals surface area contributed by atoms with Crippen LogP contribution < -0.4 is 19.7 Å². The van der Waals surface area contributed by atoms with E-state index >= 15 is 0 Å². The van der Waals surface area contributed by atoms with E-state index in [1.165, 1.54) is 6.07 Å². The quantitative estimate of drug-likeness (QED) is 0.468. The van der Waals surface area contributed by atoms with Crippen LogP contribution in [-0.2, 0) is 0 Å². The van der Waals surface area contributed by atoms with Crippen LogP contribution in [0.4, 0.5) is 11.4 Å². The predicted molar refractivity (Wildman–Crippen MR) is 119 cm³/mol. The van der Waals surface area contributed by atoms with Gasteiger partial charge in [-0.1, -0.05) is 13.0 Å². The van der Waals surface area contributed by atoms with E-state index < -0.39 is 4.92 Å². The maximum atomic E-state index is 12.8. The molecule has 0 aromatic heterocycles. The number of carbonyl (C=O) groups is 1. The number of nitro benzene ring substituents is 1. The molecule has 0 bridgehead atoms. The van der Waals surface area contributed by atoms with Crippen LogP contribution in [-0.4, -0.2) is 37.6 Å². The minimum absolute atomic E-state index is 0.0405. The van der Waals surface area contributed by atoms with Crippen LogP contribution in [0, 0.1) is 10.1 Å². The fourth-order valence-corrected chi connectivity index (χ4v) is 3.68. The highest BCUT2D eigenvalue weighted by Gasteiger charge is 2.24. The lowest BCUT2D eigenvalue weighted by molar-refractivity contribution is -0.384. The summed E-state index contributed by atoms with van der Waals surface area (Å²) >= 11 is 0. The van der Waals surface area contributed by atoms with Crippen molar-refractivity contribution in [2.24, 2.45) is 0 Å². The van der Waals surface area contributed by atoms with Gasteiger partial charge in [0.25, 0.3) is 11.6 Å².